The SMILES string of the molecule is CCCCCCCCCCCCCC1C=COC1=O. The number of cyclic esters (lactones) is 1. The van der Waals surface area contributed by atoms with E-state index in [9.17, 15) is 4.79 Å². The molecule has 0 aromatic heterocycles. The maximum Gasteiger partial charge on any atom is 0.317 e. The van der Waals surface area contributed by atoms with Gasteiger partial charge in [-0.05, 0) is 12.5 Å². The highest BCUT2D eigenvalue weighted by Gasteiger charge is 2.20. The van der Waals surface area contributed by atoms with E-state index < -0.39 is 0 Å². The Labute approximate surface area is 118 Å². The highest BCUT2D eigenvalue weighted by molar-refractivity contribution is 5.77. The second-order valence-electron chi connectivity index (χ2n) is 5.70. The summed E-state index contributed by atoms with van der Waals surface area (Å²) in [5, 5.41) is 0. The Balaban J connectivity index is 1.76. The summed E-state index contributed by atoms with van der Waals surface area (Å²) in [7, 11) is 0. The van der Waals surface area contributed by atoms with Gasteiger partial charge in [0.25, 0.3) is 0 Å². The molecule has 0 bridgehead atoms. The Hall–Kier alpha value is -0.790. The summed E-state index contributed by atoms with van der Waals surface area (Å²) < 4.78 is 4.80. The summed E-state index contributed by atoms with van der Waals surface area (Å²) in [6.45, 7) is 2.26. The van der Waals surface area contributed by atoms with Gasteiger partial charge >= 0.3 is 5.97 Å². The van der Waals surface area contributed by atoms with E-state index >= 15 is 0 Å². The van der Waals surface area contributed by atoms with E-state index in [2.05, 4.69) is 6.92 Å². The lowest BCUT2D eigenvalue weighted by Gasteiger charge is -2.05. The Morgan fingerprint density at radius 1 is 0.895 bits per heavy atom. The highest BCUT2D eigenvalue weighted by atomic mass is 16.5. The van der Waals surface area contributed by atoms with Crippen LogP contribution < -0.4 is 0 Å². The molecule has 0 fully saturated rings. The van der Waals surface area contributed by atoms with Crippen LogP contribution in [0.2, 0.25) is 0 Å². The molecule has 110 valence electrons. The molecule has 1 aliphatic heterocycles. The van der Waals surface area contributed by atoms with Gasteiger partial charge in [-0.3, -0.25) is 4.79 Å². The molecular weight excluding hydrogens is 236 g/mol. The zero-order valence-corrected chi connectivity index (χ0v) is 12.5. The first-order valence-electron chi connectivity index (χ1n) is 8.21. The fourth-order valence-electron chi connectivity index (χ4n) is 2.61. The lowest BCUT2D eigenvalue weighted by Crippen LogP contribution is -2.07. The van der Waals surface area contributed by atoms with Crippen LogP contribution in [0.5, 0.6) is 0 Å². The van der Waals surface area contributed by atoms with Crippen molar-refractivity contribution >= 4 is 5.97 Å². The molecule has 0 N–H and O–H groups in total. The first-order valence-corrected chi connectivity index (χ1v) is 8.21. The highest BCUT2D eigenvalue weighted by Crippen LogP contribution is 2.19. The molecular formula is C17H30O2. The Bertz CT molecular complexity index is 258. The van der Waals surface area contributed by atoms with Gasteiger partial charge in [-0.15, -0.1) is 0 Å². The number of hydrogen-bond acceptors (Lipinski definition) is 2. The summed E-state index contributed by atoms with van der Waals surface area (Å²) in [5.41, 5.74) is 0. The normalized spacial score (nSPS) is 17.9. The molecule has 2 heteroatoms. The van der Waals surface area contributed by atoms with Crippen LogP contribution >= 0.6 is 0 Å². The minimum absolute atomic E-state index is 0.0403. The third kappa shape index (κ3) is 8.07. The third-order valence-corrected chi connectivity index (χ3v) is 3.92. The first-order chi connectivity index (χ1) is 9.34. The minimum Gasteiger partial charge on any atom is -0.434 e. The molecule has 0 amide bonds. The molecule has 0 radical (unpaired) electrons. The second kappa shape index (κ2) is 11.1. The van der Waals surface area contributed by atoms with E-state index in [1.54, 1.807) is 0 Å². The molecule has 0 aromatic carbocycles. The number of rotatable bonds is 12. The standard InChI is InChI=1S/C17H30O2/c1-2-3-4-5-6-7-8-9-10-11-12-13-16-14-15-19-17(16)18/h14-16H,2-13H2,1H3. The summed E-state index contributed by atoms with van der Waals surface area (Å²) >= 11 is 0. The lowest BCUT2D eigenvalue weighted by atomic mass is 10.0. The van der Waals surface area contributed by atoms with Crippen LogP contribution in [0, 0.1) is 5.92 Å². The molecule has 1 heterocycles. The number of esters is 1. The fraction of sp³-hybridized carbons (Fsp3) is 0.824. The number of carbonyl (C=O) groups excluding carboxylic acids is 1. The van der Waals surface area contributed by atoms with Gasteiger partial charge in [0.1, 0.15) is 0 Å². The zero-order valence-electron chi connectivity index (χ0n) is 12.5. The third-order valence-electron chi connectivity index (χ3n) is 3.92. The number of carbonyl (C=O) groups is 1. The molecule has 0 aromatic rings. The van der Waals surface area contributed by atoms with Gasteiger partial charge in [0.15, 0.2) is 0 Å². The van der Waals surface area contributed by atoms with Crippen molar-refractivity contribution in [2.45, 2.75) is 84.0 Å². The smallest absolute Gasteiger partial charge is 0.317 e. The molecule has 1 aliphatic rings. The second-order valence-corrected chi connectivity index (χ2v) is 5.70. The zero-order chi connectivity index (χ0) is 13.8. The lowest BCUT2D eigenvalue weighted by molar-refractivity contribution is -0.139. The predicted octanol–water partition coefficient (Wildman–Crippen LogP) is 5.37. The van der Waals surface area contributed by atoms with E-state index in [1.165, 1.54) is 70.5 Å². The van der Waals surface area contributed by atoms with Crippen molar-refractivity contribution in [3.05, 3.63) is 12.3 Å². The predicted molar refractivity (Wildman–Crippen MR) is 79.8 cm³/mol. The molecule has 2 nitrogen and oxygen atoms in total. The largest absolute Gasteiger partial charge is 0.434 e. The number of ether oxygens (including phenoxy) is 1. The van der Waals surface area contributed by atoms with Crippen LogP contribution in [0.15, 0.2) is 12.3 Å². The van der Waals surface area contributed by atoms with Crippen molar-refractivity contribution in [2.24, 2.45) is 5.92 Å². The molecule has 0 saturated heterocycles. The number of unbranched alkanes of at least 4 members (excludes halogenated alkanes) is 10. The molecule has 0 spiro atoms. The van der Waals surface area contributed by atoms with E-state index in [0.29, 0.717) is 0 Å². The van der Waals surface area contributed by atoms with Gasteiger partial charge in [0.2, 0.25) is 0 Å². The summed E-state index contributed by atoms with van der Waals surface area (Å²) in [4.78, 5) is 11.2. The van der Waals surface area contributed by atoms with E-state index in [0.717, 1.165) is 12.8 Å². The first kappa shape index (κ1) is 16.3. The van der Waals surface area contributed by atoms with Gasteiger partial charge in [-0.1, -0.05) is 77.6 Å². The monoisotopic (exact) mass is 266 g/mol. The van der Waals surface area contributed by atoms with E-state index in [4.69, 9.17) is 4.74 Å². The fourth-order valence-corrected chi connectivity index (χ4v) is 2.61. The van der Waals surface area contributed by atoms with Crippen molar-refractivity contribution in [2.75, 3.05) is 0 Å². The molecule has 1 unspecified atom stereocenters. The Morgan fingerprint density at radius 2 is 1.42 bits per heavy atom. The van der Waals surface area contributed by atoms with Crippen molar-refractivity contribution in [3.8, 4) is 0 Å². The van der Waals surface area contributed by atoms with Crippen LogP contribution in [-0.4, -0.2) is 5.97 Å². The van der Waals surface area contributed by atoms with Crippen molar-refractivity contribution in [1.82, 2.24) is 0 Å². The summed E-state index contributed by atoms with van der Waals surface area (Å²) in [6.07, 6.45) is 19.3. The quantitative estimate of drug-likeness (QED) is 0.350. The van der Waals surface area contributed by atoms with E-state index in [-0.39, 0.29) is 11.9 Å². The van der Waals surface area contributed by atoms with Crippen LogP contribution in [0.4, 0.5) is 0 Å². The topological polar surface area (TPSA) is 26.3 Å². The van der Waals surface area contributed by atoms with Gasteiger partial charge in [0, 0.05) is 0 Å². The molecule has 19 heavy (non-hydrogen) atoms. The Kier molecular flexibility index (Phi) is 9.48. The van der Waals surface area contributed by atoms with Crippen LogP contribution in [0.3, 0.4) is 0 Å². The van der Waals surface area contributed by atoms with Crippen LogP contribution in [0.1, 0.15) is 84.0 Å². The van der Waals surface area contributed by atoms with Gasteiger partial charge in [-0.2, -0.15) is 0 Å². The maximum absolute atomic E-state index is 11.2. The van der Waals surface area contributed by atoms with Crippen molar-refractivity contribution < 1.29 is 9.53 Å². The molecule has 0 saturated carbocycles. The van der Waals surface area contributed by atoms with Gasteiger partial charge in [-0.25, -0.2) is 0 Å². The van der Waals surface area contributed by atoms with Gasteiger partial charge in [0.05, 0.1) is 12.2 Å². The van der Waals surface area contributed by atoms with Gasteiger partial charge < -0.3 is 4.74 Å². The van der Waals surface area contributed by atoms with Crippen molar-refractivity contribution in [3.63, 3.8) is 0 Å². The summed E-state index contributed by atoms with van der Waals surface area (Å²) in [5.74, 6) is -0.0226. The molecule has 1 atom stereocenters. The van der Waals surface area contributed by atoms with E-state index in [1.807, 2.05) is 6.08 Å². The summed E-state index contributed by atoms with van der Waals surface area (Å²) in [6, 6.07) is 0. The molecule has 0 aliphatic carbocycles. The molecule has 1 rings (SSSR count). The maximum atomic E-state index is 11.2. The average molecular weight is 266 g/mol. The average Bonchev–Trinajstić information content (AvgIpc) is 2.82. The van der Waals surface area contributed by atoms with Crippen LogP contribution in [-0.2, 0) is 9.53 Å². The Morgan fingerprint density at radius 3 is 1.89 bits per heavy atom. The van der Waals surface area contributed by atoms with Crippen LogP contribution in [0.25, 0.3) is 0 Å². The minimum atomic E-state index is -0.0629. The number of hydrogen-bond donors (Lipinski definition) is 0. The van der Waals surface area contributed by atoms with Crippen molar-refractivity contribution in [1.29, 1.82) is 0 Å².